The second kappa shape index (κ2) is 8.98. The first-order chi connectivity index (χ1) is 13.5. The lowest BCUT2D eigenvalue weighted by atomic mass is 10.2. The van der Waals surface area contributed by atoms with Crippen LogP contribution in [0.5, 0.6) is 0 Å². The predicted molar refractivity (Wildman–Crippen MR) is 108 cm³/mol. The van der Waals surface area contributed by atoms with Gasteiger partial charge in [0.05, 0.1) is 16.0 Å². The molecule has 0 spiro atoms. The van der Waals surface area contributed by atoms with Crippen molar-refractivity contribution in [2.24, 2.45) is 0 Å². The largest absolute Gasteiger partial charge is 0.385 e. The molecule has 8 heteroatoms. The number of nitrogens with zero attached hydrogens (tertiary/aromatic N) is 3. The maximum absolute atomic E-state index is 12.0. The summed E-state index contributed by atoms with van der Waals surface area (Å²) in [6, 6.07) is 14.2. The van der Waals surface area contributed by atoms with Gasteiger partial charge in [0.2, 0.25) is 5.91 Å². The number of non-ortho nitro benzene ring substituents is 1. The summed E-state index contributed by atoms with van der Waals surface area (Å²) >= 11 is 0. The number of aromatic nitrogens is 2. The molecule has 0 unspecified atom stereocenters. The van der Waals surface area contributed by atoms with E-state index in [1.165, 1.54) is 12.1 Å². The summed E-state index contributed by atoms with van der Waals surface area (Å²) < 4.78 is 2.10. The van der Waals surface area contributed by atoms with Gasteiger partial charge in [-0.25, -0.2) is 4.98 Å². The number of aryl methyl sites for hydroxylation is 1. The van der Waals surface area contributed by atoms with Gasteiger partial charge in [-0.15, -0.1) is 0 Å². The summed E-state index contributed by atoms with van der Waals surface area (Å²) in [4.78, 5) is 26.7. The SMILES string of the molecule is Cc1nc2ccccc2n1CCNC(=O)CCCNc1ccc([N+](=O)[O-])cc1. The number of carbonyl (C=O) groups excluding carboxylic acids is 1. The first-order valence-corrected chi connectivity index (χ1v) is 9.21. The Kier molecular flexibility index (Phi) is 6.21. The zero-order valence-corrected chi connectivity index (χ0v) is 15.7. The van der Waals surface area contributed by atoms with Crippen LogP contribution in [0.25, 0.3) is 11.0 Å². The van der Waals surface area contributed by atoms with Crippen LogP contribution in [0.1, 0.15) is 18.7 Å². The number of hydrogen-bond acceptors (Lipinski definition) is 5. The zero-order chi connectivity index (χ0) is 19.9. The van der Waals surface area contributed by atoms with E-state index in [0.717, 1.165) is 22.5 Å². The van der Waals surface area contributed by atoms with Crippen LogP contribution in [-0.2, 0) is 11.3 Å². The Labute approximate surface area is 162 Å². The molecule has 8 nitrogen and oxygen atoms in total. The number of carbonyl (C=O) groups is 1. The molecule has 1 amide bonds. The number of imidazole rings is 1. The van der Waals surface area contributed by atoms with Crippen LogP contribution in [0.2, 0.25) is 0 Å². The van der Waals surface area contributed by atoms with Crippen molar-refractivity contribution in [2.75, 3.05) is 18.4 Å². The second-order valence-electron chi connectivity index (χ2n) is 6.48. The Morgan fingerprint density at radius 2 is 1.89 bits per heavy atom. The lowest BCUT2D eigenvalue weighted by molar-refractivity contribution is -0.384. The molecule has 0 radical (unpaired) electrons. The summed E-state index contributed by atoms with van der Waals surface area (Å²) in [5.74, 6) is 0.940. The topological polar surface area (TPSA) is 102 Å². The number of para-hydroxylation sites is 2. The molecule has 0 aliphatic heterocycles. The van der Waals surface area contributed by atoms with E-state index in [2.05, 4.69) is 20.2 Å². The van der Waals surface area contributed by atoms with Crippen molar-refractivity contribution >= 4 is 28.3 Å². The minimum absolute atomic E-state index is 0.00701. The maximum Gasteiger partial charge on any atom is 0.269 e. The molecule has 0 saturated heterocycles. The smallest absolute Gasteiger partial charge is 0.269 e. The summed E-state index contributed by atoms with van der Waals surface area (Å²) in [6.07, 6.45) is 1.10. The van der Waals surface area contributed by atoms with E-state index in [1.807, 2.05) is 31.2 Å². The van der Waals surface area contributed by atoms with E-state index in [4.69, 9.17) is 0 Å². The summed E-state index contributed by atoms with van der Waals surface area (Å²) in [6.45, 7) is 3.82. The van der Waals surface area contributed by atoms with Gasteiger partial charge in [-0.05, 0) is 37.6 Å². The molecule has 146 valence electrons. The normalized spacial score (nSPS) is 10.8. The minimum Gasteiger partial charge on any atom is -0.385 e. The van der Waals surface area contributed by atoms with Crippen molar-refractivity contribution in [3.8, 4) is 0 Å². The van der Waals surface area contributed by atoms with Gasteiger partial charge in [0.25, 0.3) is 5.69 Å². The third kappa shape index (κ3) is 4.85. The summed E-state index contributed by atoms with van der Waals surface area (Å²) in [5.41, 5.74) is 2.89. The molecule has 0 bridgehead atoms. The third-order valence-electron chi connectivity index (χ3n) is 4.49. The molecule has 1 aromatic heterocycles. The van der Waals surface area contributed by atoms with Crippen LogP contribution in [0.15, 0.2) is 48.5 Å². The number of hydrogen-bond donors (Lipinski definition) is 2. The monoisotopic (exact) mass is 381 g/mol. The Balaban J connectivity index is 1.36. The summed E-state index contributed by atoms with van der Waals surface area (Å²) in [5, 5.41) is 16.7. The van der Waals surface area contributed by atoms with Crippen molar-refractivity contribution in [3.63, 3.8) is 0 Å². The van der Waals surface area contributed by atoms with Gasteiger partial charge in [-0.1, -0.05) is 12.1 Å². The van der Waals surface area contributed by atoms with Crippen LogP contribution in [-0.4, -0.2) is 33.5 Å². The number of nitro groups is 1. The maximum atomic E-state index is 12.0. The van der Waals surface area contributed by atoms with Crippen LogP contribution in [0, 0.1) is 17.0 Å². The van der Waals surface area contributed by atoms with Crippen molar-refractivity contribution < 1.29 is 9.72 Å². The zero-order valence-electron chi connectivity index (χ0n) is 15.7. The molecule has 0 saturated carbocycles. The van der Waals surface area contributed by atoms with E-state index in [-0.39, 0.29) is 11.6 Å². The van der Waals surface area contributed by atoms with Crippen molar-refractivity contribution in [2.45, 2.75) is 26.3 Å². The molecule has 3 aromatic rings. The van der Waals surface area contributed by atoms with Gasteiger partial charge in [-0.3, -0.25) is 14.9 Å². The molecule has 3 rings (SSSR count). The van der Waals surface area contributed by atoms with E-state index in [9.17, 15) is 14.9 Å². The van der Waals surface area contributed by atoms with E-state index in [0.29, 0.717) is 32.5 Å². The number of nitrogens with one attached hydrogen (secondary N) is 2. The number of anilines is 1. The first-order valence-electron chi connectivity index (χ1n) is 9.21. The van der Waals surface area contributed by atoms with Gasteiger partial charge in [0.1, 0.15) is 5.82 Å². The lowest BCUT2D eigenvalue weighted by Crippen LogP contribution is -2.27. The first kappa shape index (κ1) is 19.3. The third-order valence-corrected chi connectivity index (χ3v) is 4.49. The average Bonchev–Trinajstić information content (AvgIpc) is 3.01. The highest BCUT2D eigenvalue weighted by molar-refractivity contribution is 5.76. The highest BCUT2D eigenvalue weighted by Gasteiger charge is 2.07. The Bertz CT molecular complexity index is 966. The second-order valence-corrected chi connectivity index (χ2v) is 6.48. The molecule has 0 fully saturated rings. The standard InChI is InChI=1S/C20H23N5O3/c1-15-23-18-5-2-3-6-19(18)24(15)14-13-22-20(26)7-4-12-21-16-8-10-17(11-9-16)25(27)28/h2-3,5-6,8-11,21H,4,7,12-14H2,1H3,(H,22,26). The predicted octanol–water partition coefficient (Wildman–Crippen LogP) is 3.26. The Morgan fingerprint density at radius 3 is 2.64 bits per heavy atom. The number of nitro benzene ring substituents is 1. The fourth-order valence-electron chi connectivity index (χ4n) is 3.06. The van der Waals surface area contributed by atoms with Crippen molar-refractivity contribution in [1.29, 1.82) is 0 Å². The molecule has 2 aromatic carbocycles. The Morgan fingerprint density at radius 1 is 1.14 bits per heavy atom. The highest BCUT2D eigenvalue weighted by Crippen LogP contribution is 2.16. The highest BCUT2D eigenvalue weighted by atomic mass is 16.6. The average molecular weight is 381 g/mol. The van der Waals surface area contributed by atoms with Crippen molar-refractivity contribution in [1.82, 2.24) is 14.9 Å². The minimum atomic E-state index is -0.428. The van der Waals surface area contributed by atoms with Crippen molar-refractivity contribution in [3.05, 3.63) is 64.5 Å². The van der Waals surface area contributed by atoms with Crippen LogP contribution in [0.3, 0.4) is 0 Å². The Hall–Kier alpha value is -3.42. The van der Waals surface area contributed by atoms with E-state index < -0.39 is 4.92 Å². The fraction of sp³-hybridized carbons (Fsp3) is 0.300. The molecule has 0 aliphatic carbocycles. The number of rotatable bonds is 9. The van der Waals surface area contributed by atoms with Gasteiger partial charge >= 0.3 is 0 Å². The summed E-state index contributed by atoms with van der Waals surface area (Å²) in [7, 11) is 0. The molecule has 2 N–H and O–H groups in total. The molecular formula is C20H23N5O3. The fourth-order valence-corrected chi connectivity index (χ4v) is 3.06. The molecule has 28 heavy (non-hydrogen) atoms. The molecule has 0 aliphatic rings. The van der Waals surface area contributed by atoms with Crippen LogP contribution in [0.4, 0.5) is 11.4 Å². The lowest BCUT2D eigenvalue weighted by Gasteiger charge is -2.09. The van der Waals surface area contributed by atoms with Crippen LogP contribution >= 0.6 is 0 Å². The van der Waals surface area contributed by atoms with Gasteiger partial charge in [0, 0.05) is 43.9 Å². The number of benzene rings is 2. The van der Waals surface area contributed by atoms with Gasteiger partial charge in [-0.2, -0.15) is 0 Å². The number of amides is 1. The van der Waals surface area contributed by atoms with E-state index in [1.54, 1.807) is 12.1 Å². The quantitative estimate of drug-likeness (QED) is 0.336. The molecule has 0 atom stereocenters. The molecule has 1 heterocycles. The number of fused-ring (bicyclic) bond motifs is 1. The molecular weight excluding hydrogens is 358 g/mol. The van der Waals surface area contributed by atoms with Gasteiger partial charge in [0.15, 0.2) is 0 Å². The van der Waals surface area contributed by atoms with E-state index >= 15 is 0 Å². The van der Waals surface area contributed by atoms with Gasteiger partial charge < -0.3 is 15.2 Å². The van der Waals surface area contributed by atoms with Crippen LogP contribution < -0.4 is 10.6 Å².